The monoisotopic (exact) mass is 497 g/mol. The lowest BCUT2D eigenvalue weighted by atomic mass is 9.99. The SMILES string of the molecule is COc1ccc(S(=O)(=O)N2CCC[C@H](C(=O)NCc3ccc(NC(=O)c4ccco4)cc3)C2)cc1. The van der Waals surface area contributed by atoms with Crippen molar-refractivity contribution in [2.75, 3.05) is 25.5 Å². The van der Waals surface area contributed by atoms with Crippen LogP contribution in [0.4, 0.5) is 5.69 Å². The lowest BCUT2D eigenvalue weighted by Crippen LogP contribution is -2.45. The third-order valence-corrected chi connectivity index (χ3v) is 7.76. The quantitative estimate of drug-likeness (QED) is 0.493. The molecule has 1 atom stereocenters. The molecule has 2 N–H and O–H groups in total. The van der Waals surface area contributed by atoms with Gasteiger partial charge >= 0.3 is 0 Å². The minimum absolute atomic E-state index is 0.137. The van der Waals surface area contributed by atoms with Gasteiger partial charge < -0.3 is 19.8 Å². The maximum absolute atomic E-state index is 13.0. The number of nitrogens with one attached hydrogen (secondary N) is 2. The van der Waals surface area contributed by atoms with Crippen LogP contribution in [0.25, 0.3) is 0 Å². The highest BCUT2D eigenvalue weighted by molar-refractivity contribution is 7.89. The number of anilines is 1. The third-order valence-electron chi connectivity index (χ3n) is 5.88. The average molecular weight is 498 g/mol. The molecule has 1 aliphatic heterocycles. The molecule has 0 saturated carbocycles. The number of piperidine rings is 1. The Kier molecular flexibility index (Phi) is 7.52. The van der Waals surface area contributed by atoms with E-state index in [-0.39, 0.29) is 29.0 Å². The Morgan fingerprint density at radius 2 is 1.83 bits per heavy atom. The molecule has 2 heterocycles. The fourth-order valence-corrected chi connectivity index (χ4v) is 5.44. The van der Waals surface area contributed by atoms with E-state index in [1.807, 2.05) is 0 Å². The van der Waals surface area contributed by atoms with Gasteiger partial charge in [0.15, 0.2) is 5.76 Å². The van der Waals surface area contributed by atoms with E-state index in [9.17, 15) is 18.0 Å². The standard InChI is InChI=1S/C25H27N3O6S/c1-33-21-10-12-22(13-11-21)35(31,32)28-14-2-4-19(17-28)24(29)26-16-18-6-8-20(9-7-18)27-25(30)23-5-3-15-34-23/h3,5-13,15,19H,2,4,14,16-17H2,1H3,(H,26,29)(H,27,30)/t19-/m0/s1. The van der Waals surface area contributed by atoms with Gasteiger partial charge in [-0.05, 0) is 66.9 Å². The molecule has 10 heteroatoms. The van der Waals surface area contributed by atoms with Crippen molar-refractivity contribution in [2.24, 2.45) is 5.92 Å². The van der Waals surface area contributed by atoms with Gasteiger partial charge in [0.2, 0.25) is 15.9 Å². The first kappa shape index (κ1) is 24.5. The number of ether oxygens (including phenoxy) is 1. The molecule has 0 bridgehead atoms. The number of hydrogen-bond donors (Lipinski definition) is 2. The van der Waals surface area contributed by atoms with Crippen LogP contribution in [0.5, 0.6) is 5.75 Å². The topological polar surface area (TPSA) is 118 Å². The van der Waals surface area contributed by atoms with E-state index in [1.165, 1.54) is 29.8 Å². The van der Waals surface area contributed by atoms with Crippen LogP contribution in [0.1, 0.15) is 29.0 Å². The van der Waals surface area contributed by atoms with Crippen LogP contribution in [-0.4, -0.2) is 44.7 Å². The molecule has 0 spiro atoms. The molecule has 1 aliphatic rings. The summed E-state index contributed by atoms with van der Waals surface area (Å²) in [5.41, 5.74) is 1.46. The first-order valence-corrected chi connectivity index (χ1v) is 12.7. The molecule has 4 rings (SSSR count). The molecule has 1 aromatic heterocycles. The Balaban J connectivity index is 1.31. The molecule has 1 saturated heterocycles. The third kappa shape index (κ3) is 5.90. The molecule has 2 amide bonds. The maximum Gasteiger partial charge on any atom is 0.291 e. The van der Waals surface area contributed by atoms with Crippen molar-refractivity contribution in [3.63, 3.8) is 0 Å². The molecule has 3 aromatic rings. The van der Waals surface area contributed by atoms with Gasteiger partial charge in [-0.3, -0.25) is 9.59 Å². The van der Waals surface area contributed by atoms with Gasteiger partial charge in [0.1, 0.15) is 5.75 Å². The smallest absolute Gasteiger partial charge is 0.291 e. The molecule has 0 radical (unpaired) electrons. The van der Waals surface area contributed by atoms with Crippen molar-refractivity contribution in [2.45, 2.75) is 24.3 Å². The molecule has 2 aromatic carbocycles. The summed E-state index contributed by atoms with van der Waals surface area (Å²) in [7, 11) is -2.18. The number of carbonyl (C=O) groups excluding carboxylic acids is 2. The predicted octanol–water partition coefficient (Wildman–Crippen LogP) is 3.26. The number of carbonyl (C=O) groups is 2. The highest BCUT2D eigenvalue weighted by Gasteiger charge is 2.33. The summed E-state index contributed by atoms with van der Waals surface area (Å²) in [5, 5.41) is 5.64. The molecule has 35 heavy (non-hydrogen) atoms. The van der Waals surface area contributed by atoms with Gasteiger partial charge in [-0.25, -0.2) is 8.42 Å². The number of furan rings is 1. The van der Waals surface area contributed by atoms with Crippen molar-refractivity contribution in [1.29, 1.82) is 0 Å². The van der Waals surface area contributed by atoms with Crippen molar-refractivity contribution >= 4 is 27.5 Å². The molecular weight excluding hydrogens is 470 g/mol. The zero-order chi connectivity index (χ0) is 24.8. The summed E-state index contributed by atoms with van der Waals surface area (Å²) < 4.78 is 37.6. The number of rotatable bonds is 8. The number of amides is 2. The van der Waals surface area contributed by atoms with E-state index in [1.54, 1.807) is 48.5 Å². The van der Waals surface area contributed by atoms with E-state index in [4.69, 9.17) is 9.15 Å². The molecule has 1 fully saturated rings. The molecular formula is C25H27N3O6S. The van der Waals surface area contributed by atoms with Crippen molar-refractivity contribution in [1.82, 2.24) is 9.62 Å². The number of nitrogens with zero attached hydrogens (tertiary/aromatic N) is 1. The number of methoxy groups -OCH3 is 1. The highest BCUT2D eigenvalue weighted by atomic mass is 32.2. The second-order valence-electron chi connectivity index (χ2n) is 8.22. The Morgan fingerprint density at radius 1 is 1.09 bits per heavy atom. The van der Waals surface area contributed by atoms with Crippen molar-refractivity contribution < 1.29 is 27.2 Å². The van der Waals surface area contributed by atoms with Crippen molar-refractivity contribution in [3.05, 3.63) is 78.3 Å². The molecule has 9 nitrogen and oxygen atoms in total. The van der Waals surface area contributed by atoms with E-state index in [2.05, 4.69) is 10.6 Å². The van der Waals surface area contributed by atoms with Crippen LogP contribution in [0, 0.1) is 5.92 Å². The van der Waals surface area contributed by atoms with Gasteiger partial charge in [0, 0.05) is 25.3 Å². The van der Waals surface area contributed by atoms with Gasteiger partial charge in [-0.1, -0.05) is 12.1 Å². The summed E-state index contributed by atoms with van der Waals surface area (Å²) in [6.07, 6.45) is 2.66. The number of hydrogen-bond acceptors (Lipinski definition) is 6. The van der Waals surface area contributed by atoms with Crippen molar-refractivity contribution in [3.8, 4) is 5.75 Å². The summed E-state index contributed by atoms with van der Waals surface area (Å²) in [4.78, 5) is 25.0. The maximum atomic E-state index is 13.0. The largest absolute Gasteiger partial charge is 0.497 e. The van der Waals surface area contributed by atoms with E-state index in [0.717, 1.165) is 5.56 Å². The Hall–Kier alpha value is -3.63. The predicted molar refractivity (Wildman–Crippen MR) is 129 cm³/mol. The lowest BCUT2D eigenvalue weighted by molar-refractivity contribution is -0.126. The van der Waals surface area contributed by atoms with Crippen LogP contribution < -0.4 is 15.4 Å². The minimum Gasteiger partial charge on any atom is -0.497 e. The normalized spacial score (nSPS) is 16.4. The number of sulfonamides is 1. The fraction of sp³-hybridized carbons (Fsp3) is 0.280. The van der Waals surface area contributed by atoms with Crippen LogP contribution in [0.2, 0.25) is 0 Å². The van der Waals surface area contributed by atoms with Crippen LogP contribution in [0.15, 0.2) is 76.2 Å². The van der Waals surface area contributed by atoms with Gasteiger partial charge in [-0.15, -0.1) is 0 Å². The molecule has 0 aliphatic carbocycles. The zero-order valence-corrected chi connectivity index (χ0v) is 20.1. The lowest BCUT2D eigenvalue weighted by Gasteiger charge is -2.31. The summed E-state index contributed by atoms with van der Waals surface area (Å²) in [5.74, 6) is -0.161. The zero-order valence-electron chi connectivity index (χ0n) is 19.3. The second kappa shape index (κ2) is 10.7. The summed E-state index contributed by atoms with van der Waals surface area (Å²) in [6.45, 7) is 0.814. The van der Waals surface area contributed by atoms with Crippen LogP contribution in [0.3, 0.4) is 0 Å². The molecule has 0 unspecified atom stereocenters. The Morgan fingerprint density at radius 3 is 2.49 bits per heavy atom. The summed E-state index contributed by atoms with van der Waals surface area (Å²) >= 11 is 0. The first-order valence-electron chi connectivity index (χ1n) is 11.2. The fourth-order valence-electron chi connectivity index (χ4n) is 3.91. The highest BCUT2D eigenvalue weighted by Crippen LogP contribution is 2.25. The van der Waals surface area contributed by atoms with Gasteiger partial charge in [0.05, 0.1) is 24.2 Å². The average Bonchev–Trinajstić information content (AvgIpc) is 3.43. The first-order chi connectivity index (χ1) is 16.9. The van der Waals surface area contributed by atoms with Crippen LogP contribution >= 0.6 is 0 Å². The number of benzene rings is 2. The van der Waals surface area contributed by atoms with Gasteiger partial charge in [-0.2, -0.15) is 4.31 Å². The Labute approximate surface area is 204 Å². The van der Waals surface area contributed by atoms with E-state index < -0.39 is 15.9 Å². The van der Waals surface area contributed by atoms with E-state index in [0.29, 0.717) is 37.4 Å². The second-order valence-corrected chi connectivity index (χ2v) is 10.2. The summed E-state index contributed by atoms with van der Waals surface area (Å²) in [6, 6.07) is 16.5. The van der Waals surface area contributed by atoms with E-state index >= 15 is 0 Å². The van der Waals surface area contributed by atoms with Gasteiger partial charge in [0.25, 0.3) is 5.91 Å². The minimum atomic E-state index is -3.70. The Bertz CT molecular complexity index is 1260. The van der Waals surface area contributed by atoms with Crippen LogP contribution in [-0.2, 0) is 21.4 Å². The molecule has 184 valence electrons.